The highest BCUT2D eigenvalue weighted by molar-refractivity contribution is 7.99. The van der Waals surface area contributed by atoms with Crippen molar-refractivity contribution in [1.82, 2.24) is 19.7 Å². The minimum absolute atomic E-state index is 0.0609. The minimum Gasteiger partial charge on any atom is -0.486 e. The van der Waals surface area contributed by atoms with Crippen LogP contribution in [0.5, 0.6) is 5.75 Å². The van der Waals surface area contributed by atoms with Gasteiger partial charge in [-0.15, -0.1) is 28.1 Å². The summed E-state index contributed by atoms with van der Waals surface area (Å²) >= 11 is 2.81. The summed E-state index contributed by atoms with van der Waals surface area (Å²) < 4.78 is 47.4. The summed E-state index contributed by atoms with van der Waals surface area (Å²) in [5, 5.41) is 12.5. The summed E-state index contributed by atoms with van der Waals surface area (Å²) in [7, 11) is 0. The lowest BCUT2D eigenvalue weighted by atomic mass is 10.2. The Morgan fingerprint density at radius 2 is 1.93 bits per heavy atom. The second kappa shape index (κ2) is 12.1. The fourth-order valence-electron chi connectivity index (χ4n) is 3.93. The number of aryl methyl sites for hydroxylation is 1. The third-order valence-corrected chi connectivity index (χ3v) is 7.96. The molecule has 41 heavy (non-hydrogen) atoms. The number of allylic oxidation sites excluding steroid dienone is 1. The molecule has 12 heteroatoms. The number of ether oxygens (including phenoxy) is 1. The van der Waals surface area contributed by atoms with E-state index in [9.17, 15) is 18.0 Å². The van der Waals surface area contributed by atoms with Crippen LogP contribution in [0.4, 0.5) is 18.9 Å². The van der Waals surface area contributed by atoms with Gasteiger partial charge in [-0.05, 0) is 67.1 Å². The molecule has 0 aliphatic heterocycles. The number of benzene rings is 3. The second-order valence-corrected chi connectivity index (χ2v) is 11.0. The molecule has 0 radical (unpaired) electrons. The SMILES string of the molecule is C=CCn1c(COc2cccc(C(F)(F)F)c2)nnc1SCC(=O)Nc1ccc(-c2nc3ccc(C)cc3s2)cc1. The van der Waals surface area contributed by atoms with Gasteiger partial charge < -0.3 is 10.1 Å². The van der Waals surface area contributed by atoms with Crippen LogP contribution >= 0.6 is 23.1 Å². The molecule has 210 valence electrons. The first kappa shape index (κ1) is 28.4. The van der Waals surface area contributed by atoms with Crippen LogP contribution in [0.1, 0.15) is 17.0 Å². The fraction of sp³-hybridized carbons (Fsp3) is 0.172. The van der Waals surface area contributed by atoms with E-state index in [0.29, 0.717) is 23.2 Å². The summed E-state index contributed by atoms with van der Waals surface area (Å²) in [6, 6.07) is 18.3. The van der Waals surface area contributed by atoms with Crippen molar-refractivity contribution >= 4 is 44.9 Å². The molecule has 5 rings (SSSR count). The first-order chi connectivity index (χ1) is 19.7. The van der Waals surface area contributed by atoms with E-state index in [2.05, 4.69) is 35.1 Å². The summed E-state index contributed by atoms with van der Waals surface area (Å²) in [6.07, 6.45) is -2.83. The molecule has 0 fully saturated rings. The molecule has 2 heterocycles. The molecule has 0 atom stereocenters. The number of halogens is 3. The zero-order chi connectivity index (χ0) is 29.0. The van der Waals surface area contributed by atoms with Crippen molar-refractivity contribution in [3.63, 3.8) is 0 Å². The molecule has 7 nitrogen and oxygen atoms in total. The highest BCUT2D eigenvalue weighted by atomic mass is 32.2. The average molecular weight is 596 g/mol. The number of fused-ring (bicyclic) bond motifs is 1. The number of anilines is 1. The summed E-state index contributed by atoms with van der Waals surface area (Å²) in [5.74, 6) is 0.299. The summed E-state index contributed by atoms with van der Waals surface area (Å²) in [5.41, 5.74) is 2.96. The quantitative estimate of drug-likeness (QED) is 0.134. The number of nitrogens with one attached hydrogen (secondary N) is 1. The Morgan fingerprint density at radius 3 is 2.68 bits per heavy atom. The van der Waals surface area contributed by atoms with Gasteiger partial charge in [-0.1, -0.05) is 30.0 Å². The topological polar surface area (TPSA) is 81.9 Å². The number of thioether (sulfide) groups is 1. The number of hydrogen-bond acceptors (Lipinski definition) is 7. The van der Waals surface area contributed by atoms with Gasteiger partial charge in [0.15, 0.2) is 11.0 Å². The molecular weight excluding hydrogens is 571 g/mol. The largest absolute Gasteiger partial charge is 0.486 e. The third kappa shape index (κ3) is 6.95. The molecule has 0 spiro atoms. The van der Waals surface area contributed by atoms with Crippen LogP contribution in [0.3, 0.4) is 0 Å². The Hall–Kier alpha value is -4.16. The number of amides is 1. The van der Waals surface area contributed by atoms with Gasteiger partial charge in [0.05, 0.1) is 21.5 Å². The Balaban J connectivity index is 1.18. The van der Waals surface area contributed by atoms with E-state index in [-0.39, 0.29) is 24.0 Å². The maximum atomic E-state index is 13.0. The van der Waals surface area contributed by atoms with E-state index >= 15 is 0 Å². The molecule has 0 aliphatic rings. The van der Waals surface area contributed by atoms with Crippen molar-refractivity contribution in [1.29, 1.82) is 0 Å². The highest BCUT2D eigenvalue weighted by Gasteiger charge is 2.30. The predicted molar refractivity (Wildman–Crippen MR) is 155 cm³/mol. The van der Waals surface area contributed by atoms with Crippen molar-refractivity contribution in [3.05, 3.63) is 96.3 Å². The van der Waals surface area contributed by atoms with E-state index in [1.165, 1.54) is 29.5 Å². The number of alkyl halides is 3. The highest BCUT2D eigenvalue weighted by Crippen LogP contribution is 2.32. The first-order valence-corrected chi connectivity index (χ1v) is 14.2. The molecule has 5 aromatic rings. The van der Waals surface area contributed by atoms with Crippen molar-refractivity contribution in [3.8, 4) is 16.3 Å². The van der Waals surface area contributed by atoms with Crippen LogP contribution in [0.2, 0.25) is 0 Å². The molecule has 0 aliphatic carbocycles. The van der Waals surface area contributed by atoms with Crippen LogP contribution in [-0.4, -0.2) is 31.4 Å². The maximum Gasteiger partial charge on any atom is 0.416 e. The number of carbonyl (C=O) groups is 1. The molecule has 3 aromatic carbocycles. The fourth-order valence-corrected chi connectivity index (χ4v) is 5.77. The van der Waals surface area contributed by atoms with Gasteiger partial charge in [0.1, 0.15) is 17.4 Å². The van der Waals surface area contributed by atoms with Crippen molar-refractivity contribution in [2.24, 2.45) is 0 Å². The van der Waals surface area contributed by atoms with Crippen molar-refractivity contribution < 1.29 is 22.7 Å². The van der Waals surface area contributed by atoms with Gasteiger partial charge in [-0.3, -0.25) is 9.36 Å². The normalized spacial score (nSPS) is 11.5. The van der Waals surface area contributed by atoms with Gasteiger partial charge >= 0.3 is 6.18 Å². The van der Waals surface area contributed by atoms with E-state index in [1.807, 2.05) is 36.4 Å². The van der Waals surface area contributed by atoms with Gasteiger partial charge in [-0.2, -0.15) is 13.2 Å². The number of nitrogens with zero attached hydrogens (tertiary/aromatic N) is 4. The van der Waals surface area contributed by atoms with Crippen molar-refractivity contribution in [2.75, 3.05) is 11.1 Å². The Morgan fingerprint density at radius 1 is 1.12 bits per heavy atom. The summed E-state index contributed by atoms with van der Waals surface area (Å²) in [6.45, 7) is 6.02. The Kier molecular flexibility index (Phi) is 8.41. The molecule has 0 bridgehead atoms. The lowest BCUT2D eigenvalue weighted by molar-refractivity contribution is -0.137. The summed E-state index contributed by atoms with van der Waals surface area (Å²) in [4.78, 5) is 17.4. The smallest absolute Gasteiger partial charge is 0.416 e. The van der Waals surface area contributed by atoms with E-state index in [0.717, 1.165) is 32.9 Å². The van der Waals surface area contributed by atoms with Gasteiger partial charge in [0.25, 0.3) is 0 Å². The molecule has 0 saturated carbocycles. The zero-order valence-electron chi connectivity index (χ0n) is 21.8. The Labute approximate surface area is 242 Å². The first-order valence-electron chi connectivity index (χ1n) is 12.4. The van der Waals surface area contributed by atoms with E-state index < -0.39 is 11.7 Å². The van der Waals surface area contributed by atoms with Crippen LogP contribution in [0, 0.1) is 6.92 Å². The Bertz CT molecular complexity index is 1700. The molecule has 0 saturated heterocycles. The standard InChI is InChI=1S/C29H24F3N5O2S2/c1-3-13-37-25(16-39-22-6-4-5-20(15-22)29(30,31)32)35-36-28(37)40-17-26(38)33-21-10-8-19(9-11-21)27-34-23-12-7-18(2)14-24(23)41-27/h3-12,14-15H,1,13,16-17H2,2H3,(H,33,38). The zero-order valence-corrected chi connectivity index (χ0v) is 23.4. The van der Waals surface area contributed by atoms with Crippen LogP contribution < -0.4 is 10.1 Å². The van der Waals surface area contributed by atoms with Crippen molar-refractivity contribution in [2.45, 2.75) is 31.4 Å². The van der Waals surface area contributed by atoms with Crippen LogP contribution in [-0.2, 0) is 24.1 Å². The number of aromatic nitrogens is 4. The molecule has 2 aromatic heterocycles. The monoisotopic (exact) mass is 595 g/mol. The van der Waals surface area contributed by atoms with E-state index in [1.54, 1.807) is 22.0 Å². The average Bonchev–Trinajstić information content (AvgIpc) is 3.54. The number of hydrogen-bond donors (Lipinski definition) is 1. The second-order valence-electron chi connectivity index (χ2n) is 9.02. The molecule has 1 N–H and O–H groups in total. The number of rotatable bonds is 10. The number of carbonyl (C=O) groups excluding carboxylic acids is 1. The third-order valence-electron chi connectivity index (χ3n) is 5.93. The lowest BCUT2D eigenvalue weighted by Crippen LogP contribution is -2.15. The van der Waals surface area contributed by atoms with Gasteiger partial charge in [0, 0.05) is 17.8 Å². The van der Waals surface area contributed by atoms with Crippen LogP contribution in [0.25, 0.3) is 20.8 Å². The predicted octanol–water partition coefficient (Wildman–Crippen LogP) is 7.38. The van der Waals surface area contributed by atoms with Gasteiger partial charge in [-0.25, -0.2) is 4.98 Å². The van der Waals surface area contributed by atoms with Gasteiger partial charge in [0.2, 0.25) is 5.91 Å². The van der Waals surface area contributed by atoms with E-state index in [4.69, 9.17) is 9.72 Å². The maximum absolute atomic E-state index is 13.0. The minimum atomic E-state index is -4.47. The van der Waals surface area contributed by atoms with Crippen LogP contribution in [0.15, 0.2) is 84.5 Å². The lowest BCUT2D eigenvalue weighted by Gasteiger charge is -2.11. The molecule has 1 amide bonds. The molecular formula is C29H24F3N5O2S2. The number of thiazole rings is 1. The molecule has 0 unspecified atom stereocenters.